The minimum atomic E-state index is -1.19. The fourth-order valence-corrected chi connectivity index (χ4v) is 4.20. The molecule has 3 aromatic rings. The first-order valence-corrected chi connectivity index (χ1v) is 10.3. The minimum Gasteiger partial charge on any atom is -0.503 e. The van der Waals surface area contributed by atoms with Gasteiger partial charge in [0.25, 0.3) is 5.91 Å². The van der Waals surface area contributed by atoms with Crippen molar-refractivity contribution in [1.82, 2.24) is 4.57 Å². The van der Waals surface area contributed by atoms with Crippen LogP contribution in [0.5, 0.6) is 5.75 Å². The second-order valence-electron chi connectivity index (χ2n) is 7.29. The molecule has 5 nitrogen and oxygen atoms in total. The van der Waals surface area contributed by atoms with Crippen molar-refractivity contribution >= 4 is 45.9 Å². The van der Waals surface area contributed by atoms with Crippen LogP contribution in [0.2, 0.25) is 10.0 Å². The van der Waals surface area contributed by atoms with Crippen LogP contribution in [0.25, 0.3) is 10.9 Å². The van der Waals surface area contributed by atoms with Gasteiger partial charge >= 0.3 is 0 Å². The van der Waals surface area contributed by atoms with Crippen LogP contribution in [0, 0.1) is 18.6 Å². The molecule has 3 N–H and O–H groups in total. The van der Waals surface area contributed by atoms with Gasteiger partial charge in [-0.3, -0.25) is 14.2 Å². The number of fused-ring (bicyclic) bond motifs is 1. The number of nitrogens with zero attached hydrogens (tertiary/aromatic N) is 1. The molecule has 1 aromatic heterocycles. The second kappa shape index (κ2) is 8.85. The molecule has 0 unspecified atom stereocenters. The number of amides is 1. The van der Waals surface area contributed by atoms with Gasteiger partial charge in [0, 0.05) is 29.1 Å². The predicted octanol–water partition coefficient (Wildman–Crippen LogP) is 5.69. The van der Waals surface area contributed by atoms with Gasteiger partial charge in [0.05, 0.1) is 15.6 Å². The first-order chi connectivity index (χ1) is 14.6. The number of phenolic OH excluding ortho intramolecular Hbond substituents is 1. The molecular weight excluding hydrogens is 449 g/mol. The maximum Gasteiger partial charge on any atom is 0.262 e. The molecule has 1 heterocycles. The molecule has 0 aliphatic heterocycles. The van der Waals surface area contributed by atoms with Crippen LogP contribution in [0.15, 0.2) is 24.3 Å². The smallest absolute Gasteiger partial charge is 0.262 e. The molecule has 1 atom stereocenters. The maximum atomic E-state index is 15.0. The summed E-state index contributed by atoms with van der Waals surface area (Å²) in [5.74, 6) is -4.91. The van der Waals surface area contributed by atoms with Gasteiger partial charge in [-0.2, -0.15) is 0 Å². The summed E-state index contributed by atoms with van der Waals surface area (Å²) in [6.45, 7) is 3.45. The summed E-state index contributed by atoms with van der Waals surface area (Å²) >= 11 is 12.0. The molecule has 0 saturated heterocycles. The van der Waals surface area contributed by atoms with Crippen LogP contribution in [0.1, 0.15) is 53.7 Å². The van der Waals surface area contributed by atoms with Crippen molar-refractivity contribution in [3.05, 3.63) is 62.8 Å². The lowest BCUT2D eigenvalue weighted by Gasteiger charge is -2.16. The molecule has 3 rings (SSSR count). The fraction of sp³-hybridized carbons (Fsp3) is 0.273. The molecule has 0 radical (unpaired) electrons. The summed E-state index contributed by atoms with van der Waals surface area (Å²) in [6, 6.07) is 5.20. The zero-order chi connectivity index (χ0) is 23.0. The molecule has 1 amide bonds. The topological polar surface area (TPSA) is 85.3 Å². The predicted molar refractivity (Wildman–Crippen MR) is 116 cm³/mol. The number of benzene rings is 2. The van der Waals surface area contributed by atoms with Gasteiger partial charge in [0.1, 0.15) is 0 Å². The van der Waals surface area contributed by atoms with Crippen LogP contribution in [0.4, 0.5) is 8.78 Å². The van der Waals surface area contributed by atoms with Crippen LogP contribution >= 0.6 is 23.2 Å². The largest absolute Gasteiger partial charge is 0.503 e. The summed E-state index contributed by atoms with van der Waals surface area (Å²) in [5, 5.41) is 10.2. The summed E-state index contributed by atoms with van der Waals surface area (Å²) in [6.07, 6.45) is 0.871. The van der Waals surface area contributed by atoms with E-state index in [0.717, 1.165) is 6.07 Å². The molecule has 0 saturated carbocycles. The molecule has 31 heavy (non-hydrogen) atoms. The van der Waals surface area contributed by atoms with Gasteiger partial charge in [-0.05, 0) is 49.4 Å². The number of aromatic hydroxyl groups is 1. The van der Waals surface area contributed by atoms with Crippen LogP contribution in [-0.4, -0.2) is 21.5 Å². The van der Waals surface area contributed by atoms with E-state index >= 15 is 4.39 Å². The molecule has 0 spiro atoms. The minimum absolute atomic E-state index is 0.0334. The first kappa shape index (κ1) is 23.0. The number of hydrogen-bond acceptors (Lipinski definition) is 3. The SMILES string of the molecule is CC[C@@H](CCC(N)=O)c1c(C)n(C(=O)c2ccc(Cl)c(Cl)c2)c2cc(F)c(O)c(F)c12. The zero-order valence-corrected chi connectivity index (χ0v) is 18.3. The van der Waals surface area contributed by atoms with E-state index in [2.05, 4.69) is 0 Å². The normalized spacial score (nSPS) is 12.3. The van der Waals surface area contributed by atoms with E-state index in [1.54, 1.807) is 6.92 Å². The summed E-state index contributed by atoms with van der Waals surface area (Å²) in [5.41, 5.74) is 6.19. The first-order valence-electron chi connectivity index (χ1n) is 9.58. The standard InChI is InChI=1S/C22H20Cl2F2N2O3/c1-3-11(5-7-17(27)29)18-10(2)28(16-9-15(25)21(30)20(26)19(16)18)22(31)12-4-6-13(23)14(24)8-12/h4,6,8-9,11,30H,3,5,7H2,1-2H3,(H2,27,29)/t11-/m0/s1. The molecule has 0 bridgehead atoms. The lowest BCUT2D eigenvalue weighted by Crippen LogP contribution is -2.15. The summed E-state index contributed by atoms with van der Waals surface area (Å²) in [7, 11) is 0. The van der Waals surface area contributed by atoms with Crippen LogP contribution in [-0.2, 0) is 4.79 Å². The molecule has 0 aliphatic carbocycles. The average molecular weight is 469 g/mol. The van der Waals surface area contributed by atoms with Crippen molar-refractivity contribution in [2.45, 2.75) is 39.0 Å². The lowest BCUT2D eigenvalue weighted by atomic mass is 9.89. The monoisotopic (exact) mass is 468 g/mol. The zero-order valence-electron chi connectivity index (χ0n) is 16.8. The second-order valence-corrected chi connectivity index (χ2v) is 8.11. The number of hydrogen-bond donors (Lipinski definition) is 2. The number of carbonyl (C=O) groups is 2. The van der Waals surface area contributed by atoms with Crippen LogP contribution < -0.4 is 5.73 Å². The summed E-state index contributed by atoms with van der Waals surface area (Å²) < 4.78 is 30.5. The Balaban J connectivity index is 2.31. The Morgan fingerprint density at radius 3 is 2.45 bits per heavy atom. The molecule has 0 aliphatic rings. The Labute approximate surface area is 187 Å². The van der Waals surface area contributed by atoms with E-state index in [9.17, 15) is 19.1 Å². The van der Waals surface area contributed by atoms with Gasteiger partial charge in [-0.15, -0.1) is 0 Å². The maximum absolute atomic E-state index is 15.0. The van der Waals surface area contributed by atoms with Gasteiger partial charge in [0.15, 0.2) is 17.4 Å². The van der Waals surface area contributed by atoms with Crippen molar-refractivity contribution < 1.29 is 23.5 Å². The van der Waals surface area contributed by atoms with Crippen molar-refractivity contribution in [3.8, 4) is 5.75 Å². The van der Waals surface area contributed by atoms with Gasteiger partial charge in [0.2, 0.25) is 5.91 Å². The molecule has 2 aromatic carbocycles. The van der Waals surface area contributed by atoms with Gasteiger partial charge < -0.3 is 10.8 Å². The average Bonchev–Trinajstić information content (AvgIpc) is 3.00. The van der Waals surface area contributed by atoms with E-state index in [1.165, 1.54) is 22.8 Å². The highest BCUT2D eigenvalue weighted by atomic mass is 35.5. The molecule has 9 heteroatoms. The van der Waals surface area contributed by atoms with Gasteiger partial charge in [-0.1, -0.05) is 30.1 Å². The van der Waals surface area contributed by atoms with E-state index in [-0.39, 0.29) is 38.9 Å². The molecule has 0 fully saturated rings. The number of halogens is 4. The quantitative estimate of drug-likeness (QED) is 0.487. The van der Waals surface area contributed by atoms with Crippen molar-refractivity contribution in [1.29, 1.82) is 0 Å². The van der Waals surface area contributed by atoms with E-state index in [1.807, 2.05) is 6.92 Å². The van der Waals surface area contributed by atoms with E-state index < -0.39 is 29.2 Å². The Morgan fingerprint density at radius 1 is 1.19 bits per heavy atom. The van der Waals surface area contributed by atoms with Crippen molar-refractivity contribution in [3.63, 3.8) is 0 Å². The van der Waals surface area contributed by atoms with Crippen molar-refractivity contribution in [2.24, 2.45) is 5.73 Å². The van der Waals surface area contributed by atoms with E-state index in [4.69, 9.17) is 28.9 Å². The van der Waals surface area contributed by atoms with Gasteiger partial charge in [-0.25, -0.2) is 8.78 Å². The Hall–Kier alpha value is -2.64. The number of aromatic nitrogens is 1. The summed E-state index contributed by atoms with van der Waals surface area (Å²) in [4.78, 5) is 24.6. The Bertz CT molecular complexity index is 1210. The Morgan fingerprint density at radius 2 is 1.87 bits per heavy atom. The lowest BCUT2D eigenvalue weighted by molar-refractivity contribution is -0.118. The third-order valence-electron chi connectivity index (χ3n) is 5.42. The number of rotatable bonds is 6. The highest BCUT2D eigenvalue weighted by Gasteiger charge is 2.29. The number of phenols is 1. The third-order valence-corrected chi connectivity index (χ3v) is 6.16. The van der Waals surface area contributed by atoms with E-state index in [0.29, 0.717) is 24.1 Å². The van der Waals surface area contributed by atoms with Crippen molar-refractivity contribution in [2.75, 3.05) is 0 Å². The van der Waals surface area contributed by atoms with Crippen LogP contribution in [0.3, 0.4) is 0 Å². The third kappa shape index (κ3) is 4.12. The Kier molecular flexibility index (Phi) is 6.57. The number of primary amides is 1. The molecule has 164 valence electrons. The number of carbonyl (C=O) groups excluding carboxylic acids is 2. The highest BCUT2D eigenvalue weighted by Crippen LogP contribution is 2.41. The molecular formula is C22H20Cl2F2N2O3. The number of nitrogens with two attached hydrogens (primary N) is 1. The fourth-order valence-electron chi connectivity index (χ4n) is 3.90. The highest BCUT2D eigenvalue weighted by molar-refractivity contribution is 6.42.